The zero-order chi connectivity index (χ0) is 15.9. The van der Waals surface area contributed by atoms with Gasteiger partial charge < -0.3 is 19.3 Å². The van der Waals surface area contributed by atoms with E-state index in [0.717, 1.165) is 24.6 Å². The van der Waals surface area contributed by atoms with Gasteiger partial charge in [-0.15, -0.1) is 0 Å². The molecule has 1 N–H and O–H groups in total. The second-order valence-corrected chi connectivity index (χ2v) is 5.89. The van der Waals surface area contributed by atoms with Gasteiger partial charge in [0.15, 0.2) is 11.5 Å². The number of para-hydroxylation sites is 2. The van der Waals surface area contributed by atoms with E-state index in [-0.39, 0.29) is 12.2 Å². The average Bonchev–Trinajstić information content (AvgIpc) is 2.52. The lowest BCUT2D eigenvalue weighted by Gasteiger charge is -2.31. The number of likely N-dealkylation sites (N-methyl/N-ethyl adjacent to an activating group) is 1. The van der Waals surface area contributed by atoms with Crippen LogP contribution in [0.4, 0.5) is 0 Å². The molecule has 0 aliphatic carbocycles. The van der Waals surface area contributed by atoms with Crippen molar-refractivity contribution in [3.8, 4) is 11.5 Å². The minimum atomic E-state index is -0.487. The van der Waals surface area contributed by atoms with E-state index in [4.69, 9.17) is 14.2 Å². The summed E-state index contributed by atoms with van der Waals surface area (Å²) in [5.74, 6) is 1.59. The summed E-state index contributed by atoms with van der Waals surface area (Å²) < 4.78 is 17.1. The average molecular weight is 309 g/mol. The largest absolute Gasteiger partial charge is 0.486 e. The maximum atomic E-state index is 10.0. The van der Waals surface area contributed by atoms with Gasteiger partial charge in [0.25, 0.3) is 0 Å². The Hall–Kier alpha value is -1.30. The molecular weight excluding hydrogens is 282 g/mol. The topological polar surface area (TPSA) is 51.2 Å². The molecule has 22 heavy (non-hydrogen) atoms. The molecule has 2 rings (SSSR count). The lowest BCUT2D eigenvalue weighted by molar-refractivity contribution is -0.0159. The van der Waals surface area contributed by atoms with Crippen molar-refractivity contribution in [2.75, 3.05) is 32.8 Å². The van der Waals surface area contributed by atoms with E-state index in [1.165, 1.54) is 0 Å². The molecule has 1 aliphatic rings. The molecule has 0 saturated heterocycles. The number of benzene rings is 1. The summed E-state index contributed by atoms with van der Waals surface area (Å²) in [6, 6.07) is 7.71. The predicted molar refractivity (Wildman–Crippen MR) is 85.6 cm³/mol. The van der Waals surface area contributed by atoms with Crippen LogP contribution in [-0.4, -0.2) is 61.2 Å². The third kappa shape index (κ3) is 5.16. The fourth-order valence-corrected chi connectivity index (χ4v) is 2.43. The standard InChI is InChI=1S/C17H27NO4/c1-4-18(9-14(19)11-20-13(2)3)10-15-12-21-16-7-5-6-8-17(16)22-15/h5-8,13-15,19H,4,9-12H2,1-3H3. The van der Waals surface area contributed by atoms with E-state index >= 15 is 0 Å². The van der Waals surface area contributed by atoms with Crippen molar-refractivity contribution in [1.29, 1.82) is 0 Å². The highest BCUT2D eigenvalue weighted by atomic mass is 16.6. The summed E-state index contributed by atoms with van der Waals surface area (Å²) in [6.45, 7) is 9.05. The van der Waals surface area contributed by atoms with Crippen LogP contribution >= 0.6 is 0 Å². The number of aliphatic hydroxyl groups is 1. The van der Waals surface area contributed by atoms with Gasteiger partial charge in [0, 0.05) is 13.1 Å². The Morgan fingerprint density at radius 1 is 1.32 bits per heavy atom. The van der Waals surface area contributed by atoms with Crippen LogP contribution in [0.25, 0.3) is 0 Å². The minimum absolute atomic E-state index is 0.0203. The van der Waals surface area contributed by atoms with Gasteiger partial charge in [0.2, 0.25) is 0 Å². The zero-order valence-electron chi connectivity index (χ0n) is 13.7. The highest BCUT2D eigenvalue weighted by molar-refractivity contribution is 5.40. The molecule has 0 amide bonds. The van der Waals surface area contributed by atoms with Crippen molar-refractivity contribution >= 4 is 0 Å². The van der Waals surface area contributed by atoms with Crippen LogP contribution in [0.3, 0.4) is 0 Å². The molecule has 5 nitrogen and oxygen atoms in total. The van der Waals surface area contributed by atoms with E-state index < -0.39 is 6.10 Å². The van der Waals surface area contributed by atoms with Crippen LogP contribution in [0.15, 0.2) is 24.3 Å². The fourth-order valence-electron chi connectivity index (χ4n) is 2.43. The van der Waals surface area contributed by atoms with Crippen LogP contribution in [-0.2, 0) is 4.74 Å². The summed E-state index contributed by atoms with van der Waals surface area (Å²) >= 11 is 0. The molecular formula is C17H27NO4. The van der Waals surface area contributed by atoms with Gasteiger partial charge in [0.05, 0.1) is 18.8 Å². The van der Waals surface area contributed by atoms with Crippen molar-refractivity contribution in [2.24, 2.45) is 0 Å². The first-order valence-electron chi connectivity index (χ1n) is 7.99. The number of nitrogens with zero attached hydrogens (tertiary/aromatic N) is 1. The molecule has 124 valence electrons. The predicted octanol–water partition coefficient (Wildman–Crippen LogP) is 1.93. The van der Waals surface area contributed by atoms with Gasteiger partial charge in [0.1, 0.15) is 12.7 Å². The van der Waals surface area contributed by atoms with E-state index in [9.17, 15) is 5.11 Å². The van der Waals surface area contributed by atoms with Crippen LogP contribution in [0.1, 0.15) is 20.8 Å². The summed E-state index contributed by atoms with van der Waals surface area (Å²) in [4.78, 5) is 2.16. The SMILES string of the molecule is CCN(CC(O)COC(C)C)CC1COc2ccccc2O1. The molecule has 0 aromatic heterocycles. The molecule has 1 aromatic carbocycles. The van der Waals surface area contributed by atoms with Crippen LogP contribution in [0.5, 0.6) is 11.5 Å². The molecule has 5 heteroatoms. The summed E-state index contributed by atoms with van der Waals surface area (Å²) in [5.41, 5.74) is 0. The number of hydrogen-bond acceptors (Lipinski definition) is 5. The van der Waals surface area contributed by atoms with E-state index in [2.05, 4.69) is 11.8 Å². The number of rotatable bonds is 8. The van der Waals surface area contributed by atoms with Gasteiger partial charge in [-0.2, -0.15) is 0 Å². The fraction of sp³-hybridized carbons (Fsp3) is 0.647. The smallest absolute Gasteiger partial charge is 0.161 e. The summed E-state index contributed by atoms with van der Waals surface area (Å²) in [6.07, 6.45) is -0.372. The Morgan fingerprint density at radius 2 is 2.05 bits per heavy atom. The lowest BCUT2D eigenvalue weighted by Crippen LogP contribution is -2.44. The van der Waals surface area contributed by atoms with Crippen molar-refractivity contribution < 1.29 is 19.3 Å². The van der Waals surface area contributed by atoms with Crippen LogP contribution < -0.4 is 9.47 Å². The summed E-state index contributed by atoms with van der Waals surface area (Å²) in [5, 5.41) is 10.0. The first-order chi connectivity index (χ1) is 10.6. The molecule has 1 heterocycles. The van der Waals surface area contributed by atoms with Gasteiger partial charge in [-0.1, -0.05) is 19.1 Å². The second-order valence-electron chi connectivity index (χ2n) is 5.89. The molecule has 0 saturated carbocycles. The first kappa shape index (κ1) is 17.1. The van der Waals surface area contributed by atoms with E-state index in [0.29, 0.717) is 19.8 Å². The molecule has 0 bridgehead atoms. The zero-order valence-corrected chi connectivity index (χ0v) is 13.7. The molecule has 1 aliphatic heterocycles. The maximum Gasteiger partial charge on any atom is 0.161 e. The highest BCUT2D eigenvalue weighted by Crippen LogP contribution is 2.30. The van der Waals surface area contributed by atoms with Gasteiger partial charge >= 0.3 is 0 Å². The number of ether oxygens (including phenoxy) is 3. The van der Waals surface area contributed by atoms with Crippen LogP contribution in [0, 0.1) is 0 Å². The molecule has 2 atom stereocenters. The molecule has 1 aromatic rings. The normalized spacial score (nSPS) is 18.7. The minimum Gasteiger partial charge on any atom is -0.486 e. The van der Waals surface area contributed by atoms with E-state index in [1.54, 1.807) is 0 Å². The Kier molecular flexibility index (Phi) is 6.49. The van der Waals surface area contributed by atoms with Crippen molar-refractivity contribution in [3.63, 3.8) is 0 Å². The lowest BCUT2D eigenvalue weighted by atomic mass is 10.2. The number of aliphatic hydroxyl groups excluding tert-OH is 1. The molecule has 0 fully saturated rings. The number of hydrogen-bond donors (Lipinski definition) is 1. The second kappa shape index (κ2) is 8.36. The highest BCUT2D eigenvalue weighted by Gasteiger charge is 2.23. The Bertz CT molecular complexity index is 452. The number of fused-ring (bicyclic) bond motifs is 1. The van der Waals surface area contributed by atoms with Gasteiger partial charge in [-0.05, 0) is 32.5 Å². The first-order valence-corrected chi connectivity index (χ1v) is 7.99. The van der Waals surface area contributed by atoms with Crippen LogP contribution in [0.2, 0.25) is 0 Å². The van der Waals surface area contributed by atoms with Crippen molar-refractivity contribution in [2.45, 2.75) is 39.1 Å². The molecule has 2 unspecified atom stereocenters. The Balaban J connectivity index is 1.81. The Morgan fingerprint density at radius 3 is 2.73 bits per heavy atom. The van der Waals surface area contributed by atoms with Crippen molar-refractivity contribution in [1.82, 2.24) is 4.90 Å². The van der Waals surface area contributed by atoms with Crippen molar-refractivity contribution in [3.05, 3.63) is 24.3 Å². The molecule has 0 spiro atoms. The quantitative estimate of drug-likeness (QED) is 0.795. The third-order valence-electron chi connectivity index (χ3n) is 3.57. The molecule has 0 radical (unpaired) electrons. The summed E-state index contributed by atoms with van der Waals surface area (Å²) in [7, 11) is 0. The van der Waals surface area contributed by atoms with Gasteiger partial charge in [-0.25, -0.2) is 0 Å². The Labute approximate surface area is 132 Å². The third-order valence-corrected chi connectivity index (χ3v) is 3.57. The van der Waals surface area contributed by atoms with E-state index in [1.807, 2.05) is 38.1 Å². The van der Waals surface area contributed by atoms with Gasteiger partial charge in [-0.3, -0.25) is 4.90 Å². The maximum absolute atomic E-state index is 10.0. The monoisotopic (exact) mass is 309 g/mol.